The van der Waals surface area contributed by atoms with Crippen molar-refractivity contribution in [3.05, 3.63) is 112 Å². The van der Waals surface area contributed by atoms with E-state index in [4.69, 9.17) is 19.2 Å². The Morgan fingerprint density at radius 3 is 2.50 bits per heavy atom. The SMILES string of the molecule is COc1cccc([C@@H]2C(C(=O)Nc3ccccc3)=C(C)N=c3s/c(=C\c4cc(I)c(OC(C)=O)c(OC)c4)c(=O)n32)c1. The van der Waals surface area contributed by atoms with Crippen molar-refractivity contribution in [2.24, 2.45) is 4.99 Å². The Kier molecular flexibility index (Phi) is 8.59. The number of methoxy groups -OCH3 is 2. The summed E-state index contributed by atoms with van der Waals surface area (Å²) >= 11 is 3.28. The predicted octanol–water partition coefficient (Wildman–Crippen LogP) is 4.42. The van der Waals surface area contributed by atoms with Gasteiger partial charge in [-0.25, -0.2) is 4.99 Å². The molecule has 214 valence electrons. The molecule has 1 amide bonds. The van der Waals surface area contributed by atoms with Crippen LogP contribution in [-0.2, 0) is 9.59 Å². The molecule has 1 atom stereocenters. The van der Waals surface area contributed by atoms with Crippen LogP contribution in [0.15, 0.2) is 87.8 Å². The minimum Gasteiger partial charge on any atom is -0.497 e. The number of ether oxygens (including phenoxy) is 3. The molecule has 42 heavy (non-hydrogen) atoms. The van der Waals surface area contributed by atoms with E-state index in [0.717, 1.165) is 0 Å². The van der Waals surface area contributed by atoms with Gasteiger partial charge in [0, 0.05) is 12.6 Å². The van der Waals surface area contributed by atoms with Gasteiger partial charge in [-0.15, -0.1) is 0 Å². The maximum absolute atomic E-state index is 14.0. The van der Waals surface area contributed by atoms with Crippen molar-refractivity contribution in [2.45, 2.75) is 19.9 Å². The van der Waals surface area contributed by atoms with Crippen LogP contribution in [0.5, 0.6) is 17.2 Å². The van der Waals surface area contributed by atoms with E-state index in [-0.39, 0.29) is 11.5 Å². The third-order valence-electron chi connectivity index (χ3n) is 6.50. The number of aromatic nitrogens is 1. The zero-order valence-electron chi connectivity index (χ0n) is 23.1. The lowest BCUT2D eigenvalue weighted by atomic mass is 9.95. The lowest BCUT2D eigenvalue weighted by molar-refractivity contribution is -0.132. The number of amides is 1. The van der Waals surface area contributed by atoms with E-state index in [1.54, 1.807) is 48.9 Å². The molecule has 0 saturated heterocycles. The average Bonchev–Trinajstić information content (AvgIpc) is 3.27. The van der Waals surface area contributed by atoms with Gasteiger partial charge in [0.2, 0.25) is 0 Å². The highest BCUT2D eigenvalue weighted by molar-refractivity contribution is 14.1. The molecule has 9 nitrogen and oxygen atoms in total. The number of benzene rings is 3. The number of thiazole rings is 1. The number of allylic oxidation sites excluding steroid dienone is 1. The zero-order valence-corrected chi connectivity index (χ0v) is 26.1. The van der Waals surface area contributed by atoms with Crippen LogP contribution in [0.25, 0.3) is 6.08 Å². The monoisotopic (exact) mass is 695 g/mol. The number of esters is 1. The van der Waals surface area contributed by atoms with E-state index < -0.39 is 12.0 Å². The molecule has 0 unspecified atom stereocenters. The highest BCUT2D eigenvalue weighted by Gasteiger charge is 2.32. The van der Waals surface area contributed by atoms with Gasteiger partial charge in [0.1, 0.15) is 5.75 Å². The highest BCUT2D eigenvalue weighted by atomic mass is 127. The van der Waals surface area contributed by atoms with Crippen LogP contribution in [-0.4, -0.2) is 30.7 Å². The van der Waals surface area contributed by atoms with Crippen molar-refractivity contribution in [1.82, 2.24) is 4.57 Å². The molecule has 0 aliphatic carbocycles. The lowest BCUT2D eigenvalue weighted by Gasteiger charge is -2.25. The number of hydrogen-bond acceptors (Lipinski definition) is 8. The first kappa shape index (κ1) is 29.3. The number of hydrogen-bond donors (Lipinski definition) is 1. The van der Waals surface area contributed by atoms with Crippen molar-refractivity contribution in [3.8, 4) is 17.2 Å². The number of anilines is 1. The second kappa shape index (κ2) is 12.3. The number of carbonyl (C=O) groups excluding carboxylic acids is 2. The first-order valence-corrected chi connectivity index (χ1v) is 14.7. The number of nitrogens with zero attached hydrogens (tertiary/aromatic N) is 2. The maximum Gasteiger partial charge on any atom is 0.308 e. The van der Waals surface area contributed by atoms with Gasteiger partial charge in [-0.1, -0.05) is 41.7 Å². The molecule has 0 radical (unpaired) electrons. The lowest BCUT2D eigenvalue weighted by Crippen LogP contribution is -2.40. The van der Waals surface area contributed by atoms with Gasteiger partial charge in [-0.3, -0.25) is 19.0 Å². The highest BCUT2D eigenvalue weighted by Crippen LogP contribution is 2.35. The normalized spacial score (nSPS) is 14.6. The quantitative estimate of drug-likeness (QED) is 0.174. The molecular formula is C31H26IN3O6S. The number of carbonyl (C=O) groups is 2. The molecule has 1 N–H and O–H groups in total. The smallest absolute Gasteiger partial charge is 0.308 e. The number of nitrogens with one attached hydrogen (secondary N) is 1. The second-order valence-corrected chi connectivity index (χ2v) is 11.5. The van der Waals surface area contributed by atoms with Crippen LogP contribution in [0.1, 0.15) is 31.0 Å². The first-order valence-electron chi connectivity index (χ1n) is 12.8. The maximum atomic E-state index is 14.0. The van der Waals surface area contributed by atoms with Crippen LogP contribution >= 0.6 is 33.9 Å². The molecule has 0 saturated carbocycles. The number of rotatable bonds is 7. The Morgan fingerprint density at radius 2 is 1.81 bits per heavy atom. The summed E-state index contributed by atoms with van der Waals surface area (Å²) in [5, 5.41) is 2.95. The van der Waals surface area contributed by atoms with Crippen molar-refractivity contribution >= 4 is 57.6 Å². The molecule has 11 heteroatoms. The van der Waals surface area contributed by atoms with E-state index >= 15 is 0 Å². The van der Waals surface area contributed by atoms with Gasteiger partial charge >= 0.3 is 5.97 Å². The summed E-state index contributed by atoms with van der Waals surface area (Å²) in [4.78, 5) is 44.5. The number of para-hydroxylation sites is 1. The van der Waals surface area contributed by atoms with E-state index in [1.165, 1.54) is 25.4 Å². The van der Waals surface area contributed by atoms with E-state index in [0.29, 0.717) is 58.2 Å². The Hall–Kier alpha value is -4.23. The van der Waals surface area contributed by atoms with Crippen LogP contribution < -0.4 is 34.4 Å². The summed E-state index contributed by atoms with van der Waals surface area (Å²) in [6.07, 6.45) is 1.73. The largest absolute Gasteiger partial charge is 0.497 e. The molecule has 1 aliphatic heterocycles. The van der Waals surface area contributed by atoms with Crippen LogP contribution in [0.3, 0.4) is 0 Å². The summed E-state index contributed by atoms with van der Waals surface area (Å²) in [6, 6.07) is 19.2. The third kappa shape index (κ3) is 5.88. The Morgan fingerprint density at radius 1 is 1.05 bits per heavy atom. The van der Waals surface area contributed by atoms with Gasteiger partial charge in [0.15, 0.2) is 16.3 Å². The minimum atomic E-state index is -0.747. The summed E-state index contributed by atoms with van der Waals surface area (Å²) in [7, 11) is 3.05. The second-order valence-electron chi connectivity index (χ2n) is 9.31. The molecule has 0 fully saturated rings. The van der Waals surface area contributed by atoms with Crippen molar-refractivity contribution in [3.63, 3.8) is 0 Å². The van der Waals surface area contributed by atoms with Crippen molar-refractivity contribution in [1.29, 1.82) is 0 Å². The van der Waals surface area contributed by atoms with Crippen LogP contribution in [0, 0.1) is 3.57 Å². The third-order valence-corrected chi connectivity index (χ3v) is 8.29. The Balaban J connectivity index is 1.67. The molecule has 2 heterocycles. The molecular weight excluding hydrogens is 669 g/mol. The minimum absolute atomic E-state index is 0.304. The van der Waals surface area contributed by atoms with Gasteiger partial charge in [0.25, 0.3) is 11.5 Å². The molecule has 0 bridgehead atoms. The molecule has 4 aromatic rings. The average molecular weight is 696 g/mol. The van der Waals surface area contributed by atoms with Gasteiger partial charge in [0.05, 0.1) is 39.6 Å². The summed E-state index contributed by atoms with van der Waals surface area (Å²) in [5.74, 6) is 0.451. The fourth-order valence-corrected chi connectivity index (χ4v) is 6.46. The van der Waals surface area contributed by atoms with E-state index in [2.05, 4.69) is 27.9 Å². The molecule has 3 aromatic carbocycles. The summed E-state index contributed by atoms with van der Waals surface area (Å²) in [6.45, 7) is 3.09. The Bertz CT molecular complexity index is 1910. The fraction of sp³-hybridized carbons (Fsp3) is 0.161. The standard InChI is InChI=1S/C31H26IN3O6S/c1-17-26(29(37)34-21-10-6-5-7-11-21)27(20-9-8-12-22(16-20)39-3)35-30(38)25(42-31(35)33-17)15-19-13-23(32)28(41-18(2)36)24(14-19)40-4/h5-16,27H,1-4H3,(H,34,37)/b25-15-/t27-/m1/s1. The van der Waals surface area contributed by atoms with E-state index in [9.17, 15) is 14.4 Å². The van der Waals surface area contributed by atoms with E-state index in [1.807, 2.05) is 42.5 Å². The number of fused-ring (bicyclic) bond motifs is 1. The van der Waals surface area contributed by atoms with Crippen LogP contribution in [0.4, 0.5) is 5.69 Å². The van der Waals surface area contributed by atoms with Gasteiger partial charge in [-0.05, 0) is 83.1 Å². The van der Waals surface area contributed by atoms with Crippen LogP contribution in [0.2, 0.25) is 0 Å². The number of halogens is 1. The molecule has 1 aromatic heterocycles. The van der Waals surface area contributed by atoms with Crippen molar-refractivity contribution < 1.29 is 23.8 Å². The predicted molar refractivity (Wildman–Crippen MR) is 169 cm³/mol. The molecule has 5 rings (SSSR count). The topological polar surface area (TPSA) is 108 Å². The zero-order chi connectivity index (χ0) is 30.0. The van der Waals surface area contributed by atoms with Crippen molar-refractivity contribution in [2.75, 3.05) is 19.5 Å². The molecule has 1 aliphatic rings. The van der Waals surface area contributed by atoms with Gasteiger partial charge < -0.3 is 19.5 Å². The van der Waals surface area contributed by atoms with Gasteiger partial charge in [-0.2, -0.15) is 0 Å². The first-order chi connectivity index (χ1) is 20.2. The summed E-state index contributed by atoms with van der Waals surface area (Å²) < 4.78 is 18.8. The fourth-order valence-electron chi connectivity index (χ4n) is 4.68. The molecule has 0 spiro atoms. The summed E-state index contributed by atoms with van der Waals surface area (Å²) in [5.41, 5.74) is 2.57. The Labute approximate surface area is 258 Å².